The van der Waals surface area contributed by atoms with E-state index in [1.54, 1.807) is 36.2 Å². The fraction of sp³-hybridized carbons (Fsp3) is 0.120. The number of rotatable bonds is 6. The largest absolute Gasteiger partial charge is 0.508 e. The highest BCUT2D eigenvalue weighted by Gasteiger charge is 2.17. The van der Waals surface area contributed by atoms with Crippen LogP contribution in [0.2, 0.25) is 0 Å². The molecule has 0 aliphatic heterocycles. The fourth-order valence-corrected chi connectivity index (χ4v) is 3.34. The lowest BCUT2D eigenvalue weighted by Crippen LogP contribution is -2.27. The lowest BCUT2D eigenvalue weighted by atomic mass is 10.1. The summed E-state index contributed by atoms with van der Waals surface area (Å²) in [5, 5.41) is 14.2. The second kappa shape index (κ2) is 8.66. The Morgan fingerprint density at radius 2 is 1.57 bits per heavy atom. The molecule has 0 saturated heterocycles. The maximum absolute atomic E-state index is 12.8. The summed E-state index contributed by atoms with van der Waals surface area (Å²) in [7, 11) is 1.80. The van der Waals surface area contributed by atoms with Crippen molar-refractivity contribution in [2.45, 2.75) is 13.0 Å². The van der Waals surface area contributed by atoms with Crippen LogP contribution in [0.5, 0.6) is 5.75 Å². The average Bonchev–Trinajstić information content (AvgIpc) is 3.20. The lowest BCUT2D eigenvalue weighted by molar-refractivity contribution is -0.129. The molecule has 0 unspecified atom stereocenters. The molecular formula is C25H23N3O2. The maximum atomic E-state index is 12.8. The van der Waals surface area contributed by atoms with E-state index in [-0.39, 0.29) is 18.1 Å². The molecule has 4 rings (SSSR count). The monoisotopic (exact) mass is 397 g/mol. The molecule has 0 aliphatic rings. The summed E-state index contributed by atoms with van der Waals surface area (Å²) in [6.07, 6.45) is 2.27. The first-order valence-corrected chi connectivity index (χ1v) is 9.81. The second-order valence-corrected chi connectivity index (χ2v) is 7.24. The van der Waals surface area contributed by atoms with Crippen LogP contribution in [-0.2, 0) is 17.8 Å². The molecule has 1 N–H and O–H groups in total. The third-order valence-corrected chi connectivity index (χ3v) is 4.98. The molecule has 150 valence electrons. The van der Waals surface area contributed by atoms with E-state index in [1.165, 1.54) is 0 Å². The third kappa shape index (κ3) is 4.41. The Bertz CT molecular complexity index is 1120. The summed E-state index contributed by atoms with van der Waals surface area (Å²) in [5.41, 5.74) is 4.70. The summed E-state index contributed by atoms with van der Waals surface area (Å²) in [6, 6.07) is 26.7. The van der Waals surface area contributed by atoms with Crippen LogP contribution in [0.1, 0.15) is 11.1 Å². The number of benzene rings is 3. The van der Waals surface area contributed by atoms with E-state index in [0.717, 1.165) is 28.1 Å². The van der Waals surface area contributed by atoms with Gasteiger partial charge in [-0.3, -0.25) is 4.79 Å². The van der Waals surface area contributed by atoms with Crippen LogP contribution in [0.15, 0.2) is 91.1 Å². The van der Waals surface area contributed by atoms with E-state index in [0.29, 0.717) is 6.54 Å². The molecule has 0 aliphatic carbocycles. The topological polar surface area (TPSA) is 58.4 Å². The predicted octanol–water partition coefficient (Wildman–Crippen LogP) is 4.45. The lowest BCUT2D eigenvalue weighted by Gasteiger charge is -2.17. The maximum Gasteiger partial charge on any atom is 0.227 e. The first-order valence-electron chi connectivity index (χ1n) is 9.81. The van der Waals surface area contributed by atoms with Crippen molar-refractivity contribution in [2.75, 3.05) is 7.05 Å². The average molecular weight is 397 g/mol. The van der Waals surface area contributed by atoms with Crippen LogP contribution in [0.3, 0.4) is 0 Å². The number of amides is 1. The van der Waals surface area contributed by atoms with Crippen LogP contribution in [-0.4, -0.2) is 32.7 Å². The van der Waals surface area contributed by atoms with E-state index >= 15 is 0 Å². The summed E-state index contributed by atoms with van der Waals surface area (Å²) in [5.74, 6) is 0.201. The van der Waals surface area contributed by atoms with Gasteiger partial charge in [0.25, 0.3) is 0 Å². The van der Waals surface area contributed by atoms with Crippen molar-refractivity contribution in [3.8, 4) is 22.7 Å². The molecule has 1 aromatic heterocycles. The molecule has 5 heteroatoms. The van der Waals surface area contributed by atoms with Crippen molar-refractivity contribution in [3.63, 3.8) is 0 Å². The molecule has 0 fully saturated rings. The predicted molar refractivity (Wildman–Crippen MR) is 117 cm³/mol. The SMILES string of the molecule is CN(Cc1cn(-c2ccccc2)nc1-c1ccccc1)C(=O)Cc1ccc(O)cc1. The third-order valence-electron chi connectivity index (χ3n) is 4.98. The van der Waals surface area contributed by atoms with Crippen molar-refractivity contribution < 1.29 is 9.90 Å². The number of aromatic nitrogens is 2. The van der Waals surface area contributed by atoms with Crippen LogP contribution < -0.4 is 0 Å². The van der Waals surface area contributed by atoms with E-state index < -0.39 is 0 Å². The van der Waals surface area contributed by atoms with Crippen molar-refractivity contribution in [3.05, 3.63) is 102 Å². The Balaban J connectivity index is 1.59. The van der Waals surface area contributed by atoms with Crippen molar-refractivity contribution in [1.82, 2.24) is 14.7 Å². The van der Waals surface area contributed by atoms with Crippen molar-refractivity contribution >= 4 is 5.91 Å². The summed E-state index contributed by atoms with van der Waals surface area (Å²) < 4.78 is 1.86. The Morgan fingerprint density at radius 1 is 0.933 bits per heavy atom. The first-order chi connectivity index (χ1) is 14.6. The number of hydrogen-bond acceptors (Lipinski definition) is 3. The minimum atomic E-state index is 0.00663. The molecule has 5 nitrogen and oxygen atoms in total. The quantitative estimate of drug-likeness (QED) is 0.523. The number of phenolic OH excluding ortho intramolecular Hbond substituents is 1. The zero-order valence-corrected chi connectivity index (χ0v) is 16.8. The van der Waals surface area contributed by atoms with Gasteiger partial charge in [0.05, 0.1) is 17.8 Å². The molecule has 4 aromatic rings. The molecule has 0 bridgehead atoms. The minimum Gasteiger partial charge on any atom is -0.508 e. The Morgan fingerprint density at radius 3 is 2.23 bits per heavy atom. The number of aromatic hydroxyl groups is 1. The molecule has 0 spiro atoms. The molecule has 1 amide bonds. The van der Waals surface area contributed by atoms with Crippen LogP contribution in [0.25, 0.3) is 16.9 Å². The van der Waals surface area contributed by atoms with Gasteiger partial charge in [0.15, 0.2) is 0 Å². The van der Waals surface area contributed by atoms with Crippen LogP contribution in [0, 0.1) is 0 Å². The summed E-state index contributed by atoms with van der Waals surface area (Å²) in [4.78, 5) is 14.5. The van der Waals surface area contributed by atoms with Gasteiger partial charge < -0.3 is 10.0 Å². The highest BCUT2D eigenvalue weighted by Crippen LogP contribution is 2.25. The molecular weight excluding hydrogens is 374 g/mol. The number of hydrogen-bond donors (Lipinski definition) is 1. The zero-order valence-electron chi connectivity index (χ0n) is 16.8. The normalized spacial score (nSPS) is 10.7. The highest BCUT2D eigenvalue weighted by atomic mass is 16.3. The van der Waals surface area contributed by atoms with Gasteiger partial charge in [-0.1, -0.05) is 60.7 Å². The number of carbonyl (C=O) groups is 1. The van der Waals surface area contributed by atoms with Gasteiger partial charge >= 0.3 is 0 Å². The molecule has 0 radical (unpaired) electrons. The number of carbonyl (C=O) groups excluding carboxylic acids is 1. The first kappa shape index (κ1) is 19.5. The molecule has 30 heavy (non-hydrogen) atoms. The summed E-state index contributed by atoms with van der Waals surface area (Å²) in [6.45, 7) is 0.452. The van der Waals surface area contributed by atoms with Crippen molar-refractivity contribution in [1.29, 1.82) is 0 Å². The molecule has 0 saturated carbocycles. The van der Waals surface area contributed by atoms with Gasteiger partial charge in [-0.25, -0.2) is 4.68 Å². The van der Waals surface area contributed by atoms with Crippen LogP contribution >= 0.6 is 0 Å². The van der Waals surface area contributed by atoms with Gasteiger partial charge in [-0.2, -0.15) is 5.10 Å². The molecule has 0 atom stereocenters. The zero-order chi connectivity index (χ0) is 20.9. The van der Waals surface area contributed by atoms with Gasteiger partial charge in [-0.15, -0.1) is 0 Å². The van der Waals surface area contributed by atoms with E-state index in [2.05, 4.69) is 0 Å². The second-order valence-electron chi connectivity index (χ2n) is 7.24. The number of nitrogens with zero attached hydrogens (tertiary/aromatic N) is 3. The Hall–Kier alpha value is -3.86. The van der Waals surface area contributed by atoms with Gasteiger partial charge in [0.2, 0.25) is 5.91 Å². The highest BCUT2D eigenvalue weighted by molar-refractivity contribution is 5.79. The van der Waals surface area contributed by atoms with Gasteiger partial charge in [0.1, 0.15) is 5.75 Å². The van der Waals surface area contributed by atoms with E-state index in [1.807, 2.05) is 71.5 Å². The number of phenols is 1. The number of para-hydroxylation sites is 1. The van der Waals surface area contributed by atoms with E-state index in [4.69, 9.17) is 5.10 Å². The van der Waals surface area contributed by atoms with Crippen molar-refractivity contribution in [2.24, 2.45) is 0 Å². The van der Waals surface area contributed by atoms with Gasteiger partial charge in [0, 0.05) is 30.9 Å². The molecule has 1 heterocycles. The number of likely N-dealkylation sites (N-methyl/N-ethyl adjacent to an activating group) is 1. The van der Waals surface area contributed by atoms with E-state index in [9.17, 15) is 9.90 Å². The van der Waals surface area contributed by atoms with Crippen LogP contribution in [0.4, 0.5) is 0 Å². The Kier molecular flexibility index (Phi) is 5.61. The summed E-state index contributed by atoms with van der Waals surface area (Å²) >= 11 is 0. The smallest absolute Gasteiger partial charge is 0.227 e. The fourth-order valence-electron chi connectivity index (χ4n) is 3.34. The standard InChI is InChI=1S/C25H23N3O2/c1-27(24(30)16-19-12-14-23(29)15-13-19)17-21-18-28(22-10-6-3-7-11-22)26-25(21)20-8-4-2-5-9-20/h2-15,18,29H,16-17H2,1H3. The molecule has 3 aromatic carbocycles. The minimum absolute atomic E-state index is 0.00663. The Labute approximate surface area is 175 Å². The van der Waals surface area contributed by atoms with Gasteiger partial charge in [-0.05, 0) is 29.8 Å².